The Morgan fingerprint density at radius 3 is 2.55 bits per heavy atom. The lowest BCUT2D eigenvalue weighted by molar-refractivity contribution is -0.139. The van der Waals surface area contributed by atoms with Gasteiger partial charge in [0.25, 0.3) is 0 Å². The lowest BCUT2D eigenvalue weighted by Gasteiger charge is -2.09. The summed E-state index contributed by atoms with van der Waals surface area (Å²) in [6.45, 7) is 1.79. The van der Waals surface area contributed by atoms with Gasteiger partial charge < -0.3 is 15.2 Å². The molecule has 1 fully saturated rings. The third-order valence-corrected chi connectivity index (χ3v) is 3.36. The number of methoxy groups -OCH3 is 1. The smallest absolute Gasteiger partial charge is 0.337 e. The molecule has 0 radical (unpaired) electrons. The van der Waals surface area contributed by atoms with Crippen LogP contribution in [0.3, 0.4) is 0 Å². The Labute approximate surface area is 115 Å². The number of rotatable bonds is 4. The minimum Gasteiger partial charge on any atom is -0.481 e. The van der Waals surface area contributed by atoms with Gasteiger partial charge in [-0.3, -0.25) is 9.59 Å². The first-order chi connectivity index (χ1) is 9.43. The second-order valence-electron chi connectivity index (χ2n) is 4.80. The molecule has 0 heterocycles. The number of hydrogen-bond acceptors (Lipinski definition) is 4. The molecule has 2 rings (SSSR count). The summed E-state index contributed by atoms with van der Waals surface area (Å²) in [4.78, 5) is 34.1. The normalized spacial score (nSPS) is 20.1. The predicted octanol–water partition coefficient (Wildman–Crippen LogP) is 1.44. The Hall–Kier alpha value is -2.37. The van der Waals surface area contributed by atoms with Gasteiger partial charge in [0, 0.05) is 5.69 Å². The van der Waals surface area contributed by atoms with Gasteiger partial charge in [-0.15, -0.1) is 0 Å². The fourth-order valence-electron chi connectivity index (χ4n) is 1.98. The second-order valence-corrected chi connectivity index (χ2v) is 4.80. The molecule has 1 aliphatic rings. The summed E-state index contributed by atoms with van der Waals surface area (Å²) in [5.41, 5.74) is 1.62. The molecule has 1 aliphatic carbocycles. The van der Waals surface area contributed by atoms with Gasteiger partial charge >= 0.3 is 11.9 Å². The molecule has 0 spiro atoms. The largest absolute Gasteiger partial charge is 0.481 e. The van der Waals surface area contributed by atoms with E-state index in [1.54, 1.807) is 19.1 Å². The lowest BCUT2D eigenvalue weighted by atomic mass is 10.1. The van der Waals surface area contributed by atoms with Crippen LogP contribution in [-0.2, 0) is 14.3 Å². The van der Waals surface area contributed by atoms with Gasteiger partial charge in [0.2, 0.25) is 5.91 Å². The van der Waals surface area contributed by atoms with Crippen molar-refractivity contribution in [1.29, 1.82) is 0 Å². The van der Waals surface area contributed by atoms with Crippen LogP contribution in [0.15, 0.2) is 18.2 Å². The van der Waals surface area contributed by atoms with E-state index in [-0.39, 0.29) is 5.91 Å². The molecule has 106 valence electrons. The van der Waals surface area contributed by atoms with Crippen LogP contribution >= 0.6 is 0 Å². The molecule has 0 aromatic heterocycles. The molecule has 2 atom stereocenters. The highest BCUT2D eigenvalue weighted by Crippen LogP contribution is 2.39. The first-order valence-electron chi connectivity index (χ1n) is 6.16. The maximum absolute atomic E-state index is 11.9. The number of carbonyl (C=O) groups excluding carboxylic acids is 2. The Kier molecular flexibility index (Phi) is 3.74. The van der Waals surface area contributed by atoms with Gasteiger partial charge in [0.15, 0.2) is 0 Å². The summed E-state index contributed by atoms with van der Waals surface area (Å²) in [6, 6.07) is 4.83. The molecule has 1 aromatic carbocycles. The summed E-state index contributed by atoms with van der Waals surface area (Å²) in [6.07, 6.45) is 0.358. The topological polar surface area (TPSA) is 92.7 Å². The van der Waals surface area contributed by atoms with Crippen molar-refractivity contribution in [3.8, 4) is 0 Å². The van der Waals surface area contributed by atoms with E-state index in [4.69, 9.17) is 5.11 Å². The number of ether oxygens (including phenoxy) is 1. The van der Waals surface area contributed by atoms with Crippen molar-refractivity contribution in [2.45, 2.75) is 13.3 Å². The van der Waals surface area contributed by atoms with E-state index < -0.39 is 23.8 Å². The highest BCUT2D eigenvalue weighted by Gasteiger charge is 2.48. The van der Waals surface area contributed by atoms with E-state index in [1.807, 2.05) is 0 Å². The van der Waals surface area contributed by atoms with Crippen molar-refractivity contribution < 1.29 is 24.2 Å². The standard InChI is InChI=1S/C14H15NO5/c1-7-3-4-8(14(19)20-2)5-11(7)15-12(16)9-6-10(9)13(17)18/h3-5,9-10H,6H2,1-2H3,(H,15,16)(H,17,18). The maximum Gasteiger partial charge on any atom is 0.337 e. The zero-order valence-corrected chi connectivity index (χ0v) is 11.2. The first kappa shape index (κ1) is 14.0. The fourth-order valence-corrected chi connectivity index (χ4v) is 1.98. The van der Waals surface area contributed by atoms with Crippen LogP contribution in [0.25, 0.3) is 0 Å². The van der Waals surface area contributed by atoms with E-state index >= 15 is 0 Å². The number of hydrogen-bond donors (Lipinski definition) is 2. The van der Waals surface area contributed by atoms with Crippen molar-refractivity contribution in [2.75, 3.05) is 12.4 Å². The average molecular weight is 277 g/mol. The monoisotopic (exact) mass is 277 g/mol. The van der Waals surface area contributed by atoms with Crippen LogP contribution in [0.2, 0.25) is 0 Å². The van der Waals surface area contributed by atoms with E-state index in [2.05, 4.69) is 10.1 Å². The van der Waals surface area contributed by atoms with Crippen molar-refractivity contribution in [3.05, 3.63) is 29.3 Å². The minimum absolute atomic E-state index is 0.331. The van der Waals surface area contributed by atoms with Gasteiger partial charge in [-0.05, 0) is 31.0 Å². The number of carboxylic acid groups (broad SMARTS) is 1. The average Bonchev–Trinajstić information content (AvgIpc) is 3.20. The molecule has 0 saturated heterocycles. The van der Waals surface area contributed by atoms with E-state index in [9.17, 15) is 14.4 Å². The second kappa shape index (κ2) is 5.32. The van der Waals surface area contributed by atoms with Crippen LogP contribution < -0.4 is 5.32 Å². The Morgan fingerprint density at radius 1 is 1.30 bits per heavy atom. The number of esters is 1. The summed E-state index contributed by atoms with van der Waals surface area (Å²) in [5, 5.41) is 11.5. The van der Waals surface area contributed by atoms with Crippen LogP contribution in [0.1, 0.15) is 22.3 Å². The number of carboxylic acids is 1. The van der Waals surface area contributed by atoms with E-state index in [0.717, 1.165) is 5.56 Å². The Morgan fingerprint density at radius 2 is 2.00 bits per heavy atom. The molecule has 6 heteroatoms. The molecular weight excluding hydrogens is 262 g/mol. The van der Waals surface area contributed by atoms with Crippen LogP contribution in [0, 0.1) is 18.8 Å². The third-order valence-electron chi connectivity index (χ3n) is 3.36. The number of aryl methyl sites for hydroxylation is 1. The van der Waals surface area contributed by atoms with Gasteiger partial charge in [0.1, 0.15) is 0 Å². The first-order valence-corrected chi connectivity index (χ1v) is 6.16. The highest BCUT2D eigenvalue weighted by atomic mass is 16.5. The Bertz CT molecular complexity index is 581. The minimum atomic E-state index is -0.954. The molecule has 2 unspecified atom stereocenters. The lowest BCUT2D eigenvalue weighted by Crippen LogP contribution is -2.17. The number of amides is 1. The molecule has 1 aromatic rings. The molecule has 2 N–H and O–H groups in total. The number of anilines is 1. The zero-order valence-electron chi connectivity index (χ0n) is 11.2. The highest BCUT2D eigenvalue weighted by molar-refractivity contribution is 6.00. The number of aliphatic carboxylic acids is 1. The van der Waals surface area contributed by atoms with Gasteiger partial charge in [0.05, 0.1) is 24.5 Å². The quantitative estimate of drug-likeness (QED) is 0.812. The van der Waals surface area contributed by atoms with E-state index in [1.165, 1.54) is 13.2 Å². The summed E-state index contributed by atoms with van der Waals surface area (Å²) in [7, 11) is 1.28. The molecular formula is C14H15NO5. The fraction of sp³-hybridized carbons (Fsp3) is 0.357. The summed E-state index contributed by atoms with van der Waals surface area (Å²) >= 11 is 0. The Balaban J connectivity index is 2.11. The predicted molar refractivity (Wildman–Crippen MR) is 70.4 cm³/mol. The van der Waals surface area contributed by atoms with Crippen molar-refractivity contribution in [3.63, 3.8) is 0 Å². The van der Waals surface area contributed by atoms with Crippen LogP contribution in [0.5, 0.6) is 0 Å². The molecule has 6 nitrogen and oxygen atoms in total. The van der Waals surface area contributed by atoms with Crippen molar-refractivity contribution in [1.82, 2.24) is 0 Å². The maximum atomic E-state index is 11.9. The molecule has 0 bridgehead atoms. The zero-order chi connectivity index (χ0) is 14.9. The number of carbonyl (C=O) groups is 3. The SMILES string of the molecule is COC(=O)c1ccc(C)c(NC(=O)C2CC2C(=O)O)c1. The van der Waals surface area contributed by atoms with Gasteiger partial charge in [-0.25, -0.2) is 4.79 Å². The molecule has 1 amide bonds. The van der Waals surface area contributed by atoms with Gasteiger partial charge in [-0.2, -0.15) is 0 Å². The van der Waals surface area contributed by atoms with Gasteiger partial charge in [-0.1, -0.05) is 6.07 Å². The van der Waals surface area contributed by atoms with Crippen molar-refractivity contribution in [2.24, 2.45) is 11.8 Å². The van der Waals surface area contributed by atoms with Crippen molar-refractivity contribution >= 4 is 23.5 Å². The summed E-state index contributed by atoms with van der Waals surface area (Å²) in [5.74, 6) is -2.86. The summed E-state index contributed by atoms with van der Waals surface area (Å²) < 4.78 is 4.62. The molecule has 0 aliphatic heterocycles. The van der Waals surface area contributed by atoms with Crippen LogP contribution in [-0.4, -0.2) is 30.1 Å². The number of nitrogens with one attached hydrogen (secondary N) is 1. The number of benzene rings is 1. The molecule has 1 saturated carbocycles. The van der Waals surface area contributed by atoms with E-state index in [0.29, 0.717) is 17.7 Å². The third kappa shape index (κ3) is 2.79. The van der Waals surface area contributed by atoms with Crippen LogP contribution in [0.4, 0.5) is 5.69 Å². The molecule has 20 heavy (non-hydrogen) atoms.